The van der Waals surface area contributed by atoms with Gasteiger partial charge in [-0.05, 0) is 47.7 Å². The first kappa shape index (κ1) is 20.7. The van der Waals surface area contributed by atoms with Crippen molar-refractivity contribution >= 4 is 38.7 Å². The third-order valence-corrected chi connectivity index (χ3v) is 6.74. The van der Waals surface area contributed by atoms with Gasteiger partial charge in [-0.2, -0.15) is 5.10 Å². The largest absolute Gasteiger partial charge is 0.278 e. The van der Waals surface area contributed by atoms with Gasteiger partial charge in [-0.25, -0.2) is 18.2 Å². The highest BCUT2D eigenvalue weighted by Crippen LogP contribution is 2.22. The highest BCUT2D eigenvalue weighted by atomic mass is 32.2. The number of rotatable bonds is 7. The Labute approximate surface area is 172 Å². The van der Waals surface area contributed by atoms with Crippen molar-refractivity contribution in [2.45, 2.75) is 17.6 Å². The summed E-state index contributed by atoms with van der Waals surface area (Å²) in [4.78, 5) is 12.6. The van der Waals surface area contributed by atoms with Crippen LogP contribution in [0.4, 0.5) is 10.1 Å². The van der Waals surface area contributed by atoms with Crippen LogP contribution in [0.1, 0.15) is 29.3 Å². The molecule has 3 aromatic rings. The van der Waals surface area contributed by atoms with Crippen molar-refractivity contribution < 1.29 is 17.6 Å². The molecular formula is C20H18FN3O3S2. The minimum atomic E-state index is -3.79. The van der Waals surface area contributed by atoms with Crippen LogP contribution in [-0.2, 0) is 10.0 Å². The van der Waals surface area contributed by atoms with Gasteiger partial charge in [0.1, 0.15) is 10.0 Å². The second-order valence-corrected chi connectivity index (χ2v) is 8.80. The van der Waals surface area contributed by atoms with E-state index in [4.69, 9.17) is 0 Å². The summed E-state index contributed by atoms with van der Waals surface area (Å²) in [6.07, 6.45) is 0.512. The first-order chi connectivity index (χ1) is 13.9. The van der Waals surface area contributed by atoms with Crippen LogP contribution in [0.3, 0.4) is 0 Å². The molecule has 0 spiro atoms. The third kappa shape index (κ3) is 5.07. The Bertz CT molecular complexity index is 1130. The molecule has 150 valence electrons. The average molecular weight is 432 g/mol. The number of anilines is 1. The first-order valence-electron chi connectivity index (χ1n) is 8.69. The fraction of sp³-hybridized carbons (Fsp3) is 0.100. The van der Waals surface area contributed by atoms with E-state index < -0.39 is 15.9 Å². The van der Waals surface area contributed by atoms with Crippen molar-refractivity contribution in [1.29, 1.82) is 0 Å². The molecular weight excluding hydrogens is 413 g/mol. The molecule has 0 bridgehead atoms. The number of benzene rings is 2. The van der Waals surface area contributed by atoms with Crippen LogP contribution >= 0.6 is 11.3 Å². The summed E-state index contributed by atoms with van der Waals surface area (Å²) < 4.78 is 40.6. The van der Waals surface area contributed by atoms with Gasteiger partial charge in [0.05, 0.1) is 17.0 Å². The molecule has 0 atom stereocenters. The third-order valence-electron chi connectivity index (χ3n) is 3.98. The molecule has 1 aromatic heterocycles. The van der Waals surface area contributed by atoms with Crippen LogP contribution in [0.5, 0.6) is 0 Å². The van der Waals surface area contributed by atoms with Crippen molar-refractivity contribution in [2.75, 3.05) is 4.72 Å². The van der Waals surface area contributed by atoms with Crippen LogP contribution < -0.4 is 10.1 Å². The number of hydrazone groups is 1. The zero-order chi connectivity index (χ0) is 20.9. The summed E-state index contributed by atoms with van der Waals surface area (Å²) in [5, 5.41) is 5.78. The van der Waals surface area contributed by atoms with E-state index in [1.807, 2.05) is 6.92 Å². The zero-order valence-electron chi connectivity index (χ0n) is 15.4. The van der Waals surface area contributed by atoms with Crippen molar-refractivity contribution in [3.63, 3.8) is 0 Å². The normalized spacial score (nSPS) is 11.9. The van der Waals surface area contributed by atoms with Crippen LogP contribution in [0.25, 0.3) is 0 Å². The SMILES string of the molecule is CC/C(=N\NC(=O)c1ccccc1NS(=O)(=O)c1cccs1)c1ccc(F)cc1. The molecule has 2 aromatic carbocycles. The lowest BCUT2D eigenvalue weighted by atomic mass is 10.1. The Morgan fingerprint density at radius 3 is 2.45 bits per heavy atom. The predicted octanol–water partition coefficient (Wildman–Crippen LogP) is 4.23. The lowest BCUT2D eigenvalue weighted by Gasteiger charge is -2.11. The molecule has 9 heteroatoms. The number of para-hydroxylation sites is 1. The van der Waals surface area contributed by atoms with E-state index in [1.165, 1.54) is 30.3 Å². The molecule has 0 radical (unpaired) electrons. The minimum absolute atomic E-state index is 0.131. The Kier molecular flexibility index (Phi) is 6.40. The molecule has 6 nitrogen and oxygen atoms in total. The van der Waals surface area contributed by atoms with Gasteiger partial charge in [0.25, 0.3) is 15.9 Å². The molecule has 0 aliphatic carbocycles. The average Bonchev–Trinajstić information content (AvgIpc) is 3.25. The maximum atomic E-state index is 13.1. The summed E-state index contributed by atoms with van der Waals surface area (Å²) in [6, 6.07) is 15.2. The van der Waals surface area contributed by atoms with E-state index in [-0.39, 0.29) is 21.3 Å². The van der Waals surface area contributed by atoms with Gasteiger partial charge in [-0.3, -0.25) is 9.52 Å². The van der Waals surface area contributed by atoms with Crippen LogP contribution in [0, 0.1) is 5.82 Å². The molecule has 29 heavy (non-hydrogen) atoms. The van der Waals surface area contributed by atoms with Gasteiger partial charge >= 0.3 is 0 Å². The molecule has 1 amide bonds. The lowest BCUT2D eigenvalue weighted by Crippen LogP contribution is -2.22. The Morgan fingerprint density at radius 2 is 1.79 bits per heavy atom. The van der Waals surface area contributed by atoms with Crippen LogP contribution in [0.2, 0.25) is 0 Å². The maximum absolute atomic E-state index is 13.1. The van der Waals surface area contributed by atoms with E-state index in [1.54, 1.807) is 35.7 Å². The quantitative estimate of drug-likeness (QED) is 0.433. The first-order valence-corrected chi connectivity index (χ1v) is 11.0. The molecule has 2 N–H and O–H groups in total. The standard InChI is InChI=1S/C20H18FN3O3S2/c1-2-17(14-9-11-15(21)12-10-14)22-23-20(25)16-6-3-4-7-18(16)24-29(26,27)19-8-5-13-28-19/h3-13,24H,2H2,1H3,(H,23,25)/b22-17+. The summed E-state index contributed by atoms with van der Waals surface area (Å²) in [5.74, 6) is -0.928. The number of nitrogens with zero attached hydrogens (tertiary/aromatic N) is 1. The molecule has 0 fully saturated rings. The molecule has 0 aliphatic heterocycles. The number of amides is 1. The highest BCUT2D eigenvalue weighted by Gasteiger charge is 2.19. The maximum Gasteiger partial charge on any atom is 0.273 e. The Morgan fingerprint density at radius 1 is 1.07 bits per heavy atom. The van der Waals surface area contributed by atoms with Crippen molar-refractivity contribution in [3.8, 4) is 0 Å². The number of nitrogens with one attached hydrogen (secondary N) is 2. The number of halogens is 1. The summed E-state index contributed by atoms with van der Waals surface area (Å²) in [6.45, 7) is 1.86. The number of sulfonamides is 1. The Hall–Kier alpha value is -3.04. The van der Waals surface area contributed by atoms with Crippen molar-refractivity contribution in [2.24, 2.45) is 5.10 Å². The van der Waals surface area contributed by atoms with E-state index >= 15 is 0 Å². The van der Waals surface area contributed by atoms with Gasteiger partial charge in [0.2, 0.25) is 0 Å². The number of hydrogen-bond acceptors (Lipinski definition) is 5. The van der Waals surface area contributed by atoms with Crippen molar-refractivity contribution in [1.82, 2.24) is 5.43 Å². The summed E-state index contributed by atoms with van der Waals surface area (Å²) in [5.41, 5.74) is 3.97. The van der Waals surface area contributed by atoms with E-state index in [2.05, 4.69) is 15.2 Å². The second-order valence-electron chi connectivity index (χ2n) is 5.94. The van der Waals surface area contributed by atoms with Crippen LogP contribution in [-0.4, -0.2) is 20.0 Å². The van der Waals surface area contributed by atoms with Gasteiger partial charge < -0.3 is 0 Å². The van der Waals surface area contributed by atoms with Gasteiger partial charge in [-0.15, -0.1) is 11.3 Å². The van der Waals surface area contributed by atoms with E-state index in [0.717, 1.165) is 11.3 Å². The van der Waals surface area contributed by atoms with Gasteiger partial charge in [0.15, 0.2) is 0 Å². The fourth-order valence-electron chi connectivity index (χ4n) is 2.55. The summed E-state index contributed by atoms with van der Waals surface area (Å²) in [7, 11) is -3.79. The lowest BCUT2D eigenvalue weighted by molar-refractivity contribution is 0.0955. The smallest absolute Gasteiger partial charge is 0.273 e. The number of thiophene rings is 1. The molecule has 0 saturated heterocycles. The van der Waals surface area contributed by atoms with Gasteiger partial charge in [-0.1, -0.05) is 37.3 Å². The zero-order valence-corrected chi connectivity index (χ0v) is 17.1. The molecule has 0 saturated carbocycles. The Balaban J connectivity index is 1.82. The number of hydrogen-bond donors (Lipinski definition) is 2. The number of carbonyl (C=O) groups is 1. The minimum Gasteiger partial charge on any atom is -0.278 e. The molecule has 0 unspecified atom stereocenters. The predicted molar refractivity (Wildman–Crippen MR) is 112 cm³/mol. The van der Waals surface area contributed by atoms with E-state index in [9.17, 15) is 17.6 Å². The topological polar surface area (TPSA) is 87.6 Å². The molecule has 1 heterocycles. The molecule has 0 aliphatic rings. The number of carbonyl (C=O) groups excluding carboxylic acids is 1. The highest BCUT2D eigenvalue weighted by molar-refractivity contribution is 7.94. The van der Waals surface area contributed by atoms with E-state index in [0.29, 0.717) is 17.7 Å². The monoisotopic (exact) mass is 431 g/mol. The summed E-state index contributed by atoms with van der Waals surface area (Å²) >= 11 is 1.08. The second kappa shape index (κ2) is 8.97. The molecule has 3 rings (SSSR count). The fourth-order valence-corrected chi connectivity index (χ4v) is 4.62. The van der Waals surface area contributed by atoms with Crippen molar-refractivity contribution in [3.05, 3.63) is 83.0 Å². The van der Waals surface area contributed by atoms with Crippen LogP contribution in [0.15, 0.2) is 75.4 Å². The van der Waals surface area contributed by atoms with Gasteiger partial charge in [0, 0.05) is 0 Å².